The zero-order valence-electron chi connectivity index (χ0n) is 10.9. The molecule has 6 nitrogen and oxygen atoms in total. The van der Waals surface area contributed by atoms with E-state index in [-0.39, 0.29) is 29.7 Å². The molecular weight excluding hydrogens is 282 g/mol. The van der Waals surface area contributed by atoms with Gasteiger partial charge in [-0.1, -0.05) is 12.5 Å². The summed E-state index contributed by atoms with van der Waals surface area (Å²) in [5, 5.41) is 18.0. The highest BCUT2D eigenvalue weighted by Gasteiger charge is 2.34. The van der Waals surface area contributed by atoms with Gasteiger partial charge in [0.25, 0.3) is 0 Å². The van der Waals surface area contributed by atoms with Crippen LogP contribution in [0.15, 0.2) is 29.2 Å². The van der Waals surface area contributed by atoms with E-state index in [9.17, 15) is 13.2 Å². The van der Waals surface area contributed by atoms with Crippen LogP contribution in [0, 0.1) is 0 Å². The first-order chi connectivity index (χ1) is 9.46. The molecule has 1 saturated carbocycles. The molecule has 0 unspecified atom stereocenters. The monoisotopic (exact) mass is 299 g/mol. The van der Waals surface area contributed by atoms with Gasteiger partial charge in [-0.05, 0) is 31.0 Å². The third-order valence-electron chi connectivity index (χ3n) is 3.49. The molecule has 20 heavy (non-hydrogen) atoms. The molecule has 1 aliphatic rings. The SMILES string of the molecule is O=C(O)c1cccc(S(=O)(=O)N(CCO)C2CCC2)c1. The van der Waals surface area contributed by atoms with Crippen molar-refractivity contribution in [2.75, 3.05) is 13.2 Å². The van der Waals surface area contributed by atoms with Crippen molar-refractivity contribution < 1.29 is 23.4 Å². The van der Waals surface area contributed by atoms with Gasteiger partial charge in [-0.2, -0.15) is 4.31 Å². The molecule has 2 rings (SSSR count). The van der Waals surface area contributed by atoms with Crippen LogP contribution in [-0.4, -0.2) is 48.1 Å². The summed E-state index contributed by atoms with van der Waals surface area (Å²) >= 11 is 0. The van der Waals surface area contributed by atoms with Gasteiger partial charge < -0.3 is 10.2 Å². The molecule has 1 aromatic rings. The molecule has 7 heteroatoms. The number of hydrogen-bond donors (Lipinski definition) is 2. The zero-order chi connectivity index (χ0) is 14.8. The van der Waals surface area contributed by atoms with Gasteiger partial charge in [-0.15, -0.1) is 0 Å². The minimum atomic E-state index is -3.77. The molecule has 0 amide bonds. The Bertz CT molecular complexity index is 595. The van der Waals surface area contributed by atoms with E-state index in [0.717, 1.165) is 25.3 Å². The minimum absolute atomic E-state index is 0.0320. The van der Waals surface area contributed by atoms with E-state index in [1.54, 1.807) is 0 Å². The first-order valence-electron chi connectivity index (χ1n) is 6.43. The summed E-state index contributed by atoms with van der Waals surface area (Å²) in [5.41, 5.74) is -0.0661. The molecule has 110 valence electrons. The molecule has 0 heterocycles. The normalized spacial score (nSPS) is 16.1. The maximum absolute atomic E-state index is 12.6. The average Bonchev–Trinajstić information content (AvgIpc) is 2.36. The lowest BCUT2D eigenvalue weighted by Gasteiger charge is -2.36. The Hall–Kier alpha value is -1.44. The van der Waals surface area contributed by atoms with Crippen LogP contribution < -0.4 is 0 Å². The second-order valence-electron chi connectivity index (χ2n) is 4.76. The summed E-state index contributed by atoms with van der Waals surface area (Å²) in [7, 11) is -3.77. The number of carbonyl (C=O) groups is 1. The van der Waals surface area contributed by atoms with Crippen molar-refractivity contribution in [2.45, 2.75) is 30.2 Å². The number of aliphatic hydroxyl groups excluding tert-OH is 1. The summed E-state index contributed by atoms with van der Waals surface area (Å²) in [4.78, 5) is 10.9. The predicted octanol–water partition coefficient (Wildman–Crippen LogP) is 0.920. The summed E-state index contributed by atoms with van der Waals surface area (Å²) in [6, 6.07) is 5.20. The van der Waals surface area contributed by atoms with Crippen molar-refractivity contribution in [3.05, 3.63) is 29.8 Å². The Morgan fingerprint density at radius 2 is 2.05 bits per heavy atom. The van der Waals surface area contributed by atoms with Gasteiger partial charge in [-0.25, -0.2) is 13.2 Å². The van der Waals surface area contributed by atoms with Crippen molar-refractivity contribution in [2.24, 2.45) is 0 Å². The average molecular weight is 299 g/mol. The number of aliphatic hydroxyl groups is 1. The van der Waals surface area contributed by atoms with Crippen molar-refractivity contribution in [1.29, 1.82) is 0 Å². The Morgan fingerprint density at radius 1 is 1.35 bits per heavy atom. The fourth-order valence-corrected chi connectivity index (χ4v) is 3.92. The van der Waals surface area contributed by atoms with Crippen molar-refractivity contribution >= 4 is 16.0 Å². The maximum Gasteiger partial charge on any atom is 0.335 e. The lowest BCUT2D eigenvalue weighted by molar-refractivity contribution is 0.0696. The molecule has 1 aliphatic carbocycles. The second-order valence-corrected chi connectivity index (χ2v) is 6.65. The summed E-state index contributed by atoms with van der Waals surface area (Å²) in [5.74, 6) is -1.17. The topological polar surface area (TPSA) is 94.9 Å². The van der Waals surface area contributed by atoms with Gasteiger partial charge >= 0.3 is 5.97 Å². The summed E-state index contributed by atoms with van der Waals surface area (Å²) in [6.45, 7) is -0.224. The van der Waals surface area contributed by atoms with E-state index in [1.165, 1.54) is 22.5 Å². The third-order valence-corrected chi connectivity index (χ3v) is 5.44. The second kappa shape index (κ2) is 5.90. The van der Waals surface area contributed by atoms with E-state index in [4.69, 9.17) is 10.2 Å². The van der Waals surface area contributed by atoms with E-state index >= 15 is 0 Å². The smallest absolute Gasteiger partial charge is 0.335 e. The third kappa shape index (κ3) is 2.84. The number of carboxylic acid groups (broad SMARTS) is 1. The molecule has 1 fully saturated rings. The number of rotatable bonds is 6. The number of nitrogens with zero attached hydrogens (tertiary/aromatic N) is 1. The largest absolute Gasteiger partial charge is 0.478 e. The highest BCUT2D eigenvalue weighted by atomic mass is 32.2. The number of sulfonamides is 1. The maximum atomic E-state index is 12.6. The number of carboxylic acids is 1. The number of benzene rings is 1. The van der Waals surface area contributed by atoms with Crippen LogP contribution >= 0.6 is 0 Å². The van der Waals surface area contributed by atoms with Crippen molar-refractivity contribution in [3.8, 4) is 0 Å². The van der Waals surface area contributed by atoms with Crippen LogP contribution in [0.4, 0.5) is 0 Å². The van der Waals surface area contributed by atoms with Crippen LogP contribution in [0.25, 0.3) is 0 Å². The molecule has 0 spiro atoms. The molecular formula is C13H17NO5S. The van der Waals surface area contributed by atoms with Crippen LogP contribution in [-0.2, 0) is 10.0 Å². The molecule has 0 radical (unpaired) electrons. The lowest BCUT2D eigenvalue weighted by atomic mass is 9.93. The van der Waals surface area contributed by atoms with Crippen molar-refractivity contribution in [3.63, 3.8) is 0 Å². The predicted molar refractivity (Wildman–Crippen MR) is 72.0 cm³/mol. The fourth-order valence-electron chi connectivity index (χ4n) is 2.20. The first-order valence-corrected chi connectivity index (χ1v) is 7.87. The molecule has 0 aliphatic heterocycles. The first kappa shape index (κ1) is 15.0. The highest BCUT2D eigenvalue weighted by Crippen LogP contribution is 2.29. The van der Waals surface area contributed by atoms with Crippen LogP contribution in [0.5, 0.6) is 0 Å². The van der Waals surface area contributed by atoms with Gasteiger partial charge in [0.05, 0.1) is 17.1 Å². The van der Waals surface area contributed by atoms with Gasteiger partial charge in [-0.3, -0.25) is 0 Å². The Morgan fingerprint density at radius 3 is 2.55 bits per heavy atom. The van der Waals surface area contributed by atoms with Gasteiger partial charge in [0.2, 0.25) is 10.0 Å². The zero-order valence-corrected chi connectivity index (χ0v) is 11.7. The summed E-state index contributed by atoms with van der Waals surface area (Å²) in [6.07, 6.45) is 2.52. The summed E-state index contributed by atoms with van der Waals surface area (Å²) < 4.78 is 26.4. The molecule has 0 bridgehead atoms. The molecule has 2 N–H and O–H groups in total. The van der Waals surface area contributed by atoms with E-state index in [2.05, 4.69) is 0 Å². The van der Waals surface area contributed by atoms with Crippen molar-refractivity contribution in [1.82, 2.24) is 4.31 Å². The van der Waals surface area contributed by atoms with E-state index in [0.29, 0.717) is 0 Å². The molecule has 1 aromatic carbocycles. The van der Waals surface area contributed by atoms with E-state index in [1.807, 2.05) is 0 Å². The quantitative estimate of drug-likeness (QED) is 0.814. The van der Waals surface area contributed by atoms with Gasteiger partial charge in [0.1, 0.15) is 0 Å². The van der Waals surface area contributed by atoms with E-state index < -0.39 is 16.0 Å². The minimum Gasteiger partial charge on any atom is -0.478 e. The number of hydrogen-bond acceptors (Lipinski definition) is 4. The highest BCUT2D eigenvalue weighted by molar-refractivity contribution is 7.89. The Kier molecular flexibility index (Phi) is 4.42. The Labute approximate surface area is 117 Å². The van der Waals surface area contributed by atoms with Crippen LogP contribution in [0.2, 0.25) is 0 Å². The fraction of sp³-hybridized carbons (Fsp3) is 0.462. The molecule has 0 atom stereocenters. The van der Waals surface area contributed by atoms with Crippen LogP contribution in [0.1, 0.15) is 29.6 Å². The van der Waals surface area contributed by atoms with Crippen LogP contribution in [0.3, 0.4) is 0 Å². The lowest BCUT2D eigenvalue weighted by Crippen LogP contribution is -2.45. The number of aromatic carboxylic acids is 1. The molecule has 0 saturated heterocycles. The molecule has 0 aromatic heterocycles. The van der Waals surface area contributed by atoms with Gasteiger partial charge in [0.15, 0.2) is 0 Å². The van der Waals surface area contributed by atoms with Gasteiger partial charge in [0, 0.05) is 12.6 Å². The standard InChI is InChI=1S/C13H17NO5S/c15-8-7-14(11-4-2-5-11)20(18,19)12-6-1-3-10(9-12)13(16)17/h1,3,6,9,11,15H,2,4-5,7-8H2,(H,16,17). The Balaban J connectivity index is 2.36.